The predicted octanol–water partition coefficient (Wildman–Crippen LogP) is 5.00. The molecule has 1 atom stereocenters. The third-order valence-corrected chi connectivity index (χ3v) is 4.34. The Morgan fingerprint density at radius 3 is 2.62 bits per heavy atom. The third-order valence-electron chi connectivity index (χ3n) is 4.34. The first-order chi connectivity index (χ1) is 9.89. The maximum atomic E-state index is 12.5. The van der Waals surface area contributed by atoms with E-state index < -0.39 is 11.0 Å². The van der Waals surface area contributed by atoms with Gasteiger partial charge in [-0.1, -0.05) is 37.6 Å². The summed E-state index contributed by atoms with van der Waals surface area (Å²) in [6, 6.07) is 8.51. The summed E-state index contributed by atoms with van der Waals surface area (Å²) in [6.45, 7) is 7.95. The Kier molecular flexibility index (Phi) is 4.75. The van der Waals surface area contributed by atoms with Gasteiger partial charge in [0.2, 0.25) is 0 Å². The molecular weight excluding hydrogens is 260 g/mol. The molecule has 116 valence electrons. The zero-order valence-corrected chi connectivity index (χ0v) is 13.9. The summed E-state index contributed by atoms with van der Waals surface area (Å²) in [5.74, 6) is -0.0901. The molecule has 0 fully saturated rings. The van der Waals surface area contributed by atoms with Crippen molar-refractivity contribution in [3.63, 3.8) is 0 Å². The summed E-state index contributed by atoms with van der Waals surface area (Å²) >= 11 is 0. The molecule has 1 aliphatic carbocycles. The molecule has 0 aliphatic heterocycles. The minimum Gasteiger partial charge on any atom is -0.454 e. The van der Waals surface area contributed by atoms with Crippen molar-refractivity contribution in [2.24, 2.45) is 5.41 Å². The van der Waals surface area contributed by atoms with Gasteiger partial charge in [0.25, 0.3) is 0 Å². The van der Waals surface area contributed by atoms with Crippen LogP contribution in [0.25, 0.3) is 0 Å². The molecule has 0 spiro atoms. The molecule has 0 amide bonds. The predicted molar refractivity (Wildman–Crippen MR) is 86.1 cm³/mol. The van der Waals surface area contributed by atoms with Gasteiger partial charge >= 0.3 is 5.97 Å². The van der Waals surface area contributed by atoms with E-state index in [0.29, 0.717) is 0 Å². The molecule has 21 heavy (non-hydrogen) atoms. The Hall–Kier alpha value is -1.31. The first-order valence-electron chi connectivity index (χ1n) is 8.21. The van der Waals surface area contributed by atoms with Gasteiger partial charge in [0, 0.05) is 0 Å². The Morgan fingerprint density at radius 1 is 1.24 bits per heavy atom. The maximum absolute atomic E-state index is 12.5. The zero-order valence-electron chi connectivity index (χ0n) is 13.9. The second-order valence-corrected chi connectivity index (χ2v) is 7.25. The van der Waals surface area contributed by atoms with Crippen molar-refractivity contribution in [2.75, 3.05) is 0 Å². The van der Waals surface area contributed by atoms with Crippen LogP contribution < -0.4 is 0 Å². The van der Waals surface area contributed by atoms with Crippen LogP contribution in [-0.2, 0) is 21.6 Å². The lowest BCUT2D eigenvalue weighted by Crippen LogP contribution is -2.37. The number of carbonyl (C=O) groups is 1. The second-order valence-electron chi connectivity index (χ2n) is 7.25. The van der Waals surface area contributed by atoms with Crippen molar-refractivity contribution in [1.82, 2.24) is 0 Å². The van der Waals surface area contributed by atoms with Gasteiger partial charge in [-0.15, -0.1) is 0 Å². The number of esters is 1. The van der Waals surface area contributed by atoms with Gasteiger partial charge in [-0.3, -0.25) is 4.79 Å². The summed E-state index contributed by atoms with van der Waals surface area (Å²) < 4.78 is 6.15. The Morgan fingerprint density at radius 2 is 1.95 bits per heavy atom. The smallest absolute Gasteiger partial charge is 0.312 e. The molecule has 0 N–H and O–H groups in total. The van der Waals surface area contributed by atoms with Crippen LogP contribution in [-0.4, -0.2) is 5.97 Å². The molecule has 0 aromatic heterocycles. The number of hydrogen-bond acceptors (Lipinski definition) is 2. The molecule has 1 aromatic carbocycles. The molecule has 1 aliphatic rings. The minimum atomic E-state index is -0.456. The van der Waals surface area contributed by atoms with Crippen LogP contribution in [0.2, 0.25) is 0 Å². The molecule has 0 heterocycles. The molecule has 0 saturated carbocycles. The minimum absolute atomic E-state index is 0.0901. The SMILES string of the molecule is CCCC1(OC(=O)C(C)(C)C)CCCCc2ccccc21. The van der Waals surface area contributed by atoms with Crippen LogP contribution in [0.3, 0.4) is 0 Å². The molecule has 0 saturated heterocycles. The first-order valence-corrected chi connectivity index (χ1v) is 8.21. The standard InChI is InChI=1S/C19H28O2/c1-5-13-19(21-17(20)18(2,3)4)14-9-8-11-15-10-6-7-12-16(15)19/h6-7,10,12H,5,8-9,11,13-14H2,1-4H3. The van der Waals surface area contributed by atoms with Crippen molar-refractivity contribution < 1.29 is 9.53 Å². The molecule has 1 aromatic rings. The fourth-order valence-electron chi connectivity index (χ4n) is 3.19. The average Bonchev–Trinajstić information content (AvgIpc) is 2.59. The highest BCUT2D eigenvalue weighted by Gasteiger charge is 2.40. The number of fused-ring (bicyclic) bond motifs is 1. The fraction of sp³-hybridized carbons (Fsp3) is 0.632. The van der Waals surface area contributed by atoms with Gasteiger partial charge in [0.1, 0.15) is 5.60 Å². The topological polar surface area (TPSA) is 26.3 Å². The van der Waals surface area contributed by atoms with Gasteiger partial charge in [-0.25, -0.2) is 0 Å². The second kappa shape index (κ2) is 6.21. The van der Waals surface area contributed by atoms with Gasteiger partial charge in [-0.05, 0) is 64.0 Å². The van der Waals surface area contributed by atoms with Crippen molar-refractivity contribution in [3.05, 3.63) is 35.4 Å². The number of benzene rings is 1. The van der Waals surface area contributed by atoms with E-state index in [4.69, 9.17) is 4.74 Å². The average molecular weight is 288 g/mol. The van der Waals surface area contributed by atoms with Crippen LogP contribution in [0.4, 0.5) is 0 Å². The molecule has 0 radical (unpaired) electrons. The highest BCUT2D eigenvalue weighted by atomic mass is 16.6. The lowest BCUT2D eigenvalue weighted by atomic mass is 9.83. The van der Waals surface area contributed by atoms with Crippen LogP contribution in [0.1, 0.15) is 70.9 Å². The Labute approximate surface area is 128 Å². The first kappa shape index (κ1) is 16.1. The van der Waals surface area contributed by atoms with Gasteiger partial charge in [0.05, 0.1) is 5.41 Å². The number of hydrogen-bond donors (Lipinski definition) is 0. The summed E-state index contributed by atoms with van der Waals surface area (Å²) in [4.78, 5) is 12.5. The highest BCUT2D eigenvalue weighted by molar-refractivity contribution is 5.76. The van der Waals surface area contributed by atoms with E-state index in [-0.39, 0.29) is 5.97 Å². The summed E-state index contributed by atoms with van der Waals surface area (Å²) in [5, 5.41) is 0. The fourth-order valence-corrected chi connectivity index (χ4v) is 3.19. The van der Waals surface area contributed by atoms with Crippen LogP contribution in [0.5, 0.6) is 0 Å². The Bertz CT molecular complexity index is 499. The van der Waals surface area contributed by atoms with Crippen LogP contribution >= 0.6 is 0 Å². The molecular formula is C19H28O2. The van der Waals surface area contributed by atoms with Crippen molar-refractivity contribution in [1.29, 1.82) is 0 Å². The summed E-state index contributed by atoms with van der Waals surface area (Å²) in [6.07, 6.45) is 6.26. The van der Waals surface area contributed by atoms with E-state index in [0.717, 1.165) is 32.1 Å². The molecule has 2 rings (SSSR count). The van der Waals surface area contributed by atoms with E-state index in [1.54, 1.807) is 0 Å². The number of aryl methyl sites for hydroxylation is 1. The largest absolute Gasteiger partial charge is 0.454 e. The number of ether oxygens (including phenoxy) is 1. The van der Waals surface area contributed by atoms with Crippen LogP contribution in [0.15, 0.2) is 24.3 Å². The summed E-state index contributed by atoms with van der Waals surface area (Å²) in [7, 11) is 0. The van der Waals surface area contributed by atoms with E-state index in [1.807, 2.05) is 20.8 Å². The number of carbonyl (C=O) groups excluding carboxylic acids is 1. The normalized spacial score (nSPS) is 22.3. The molecule has 2 heteroatoms. The maximum Gasteiger partial charge on any atom is 0.312 e. The van der Waals surface area contributed by atoms with E-state index in [9.17, 15) is 4.79 Å². The quantitative estimate of drug-likeness (QED) is 0.578. The molecule has 2 nitrogen and oxygen atoms in total. The monoisotopic (exact) mass is 288 g/mol. The molecule has 1 unspecified atom stereocenters. The van der Waals surface area contributed by atoms with Gasteiger partial charge in [0.15, 0.2) is 0 Å². The zero-order chi connectivity index (χ0) is 15.5. The van der Waals surface area contributed by atoms with Crippen molar-refractivity contribution in [3.8, 4) is 0 Å². The van der Waals surface area contributed by atoms with Crippen LogP contribution in [0, 0.1) is 5.41 Å². The number of rotatable bonds is 3. The van der Waals surface area contributed by atoms with E-state index in [1.165, 1.54) is 17.5 Å². The van der Waals surface area contributed by atoms with E-state index in [2.05, 4.69) is 31.2 Å². The Balaban J connectivity index is 2.43. The highest BCUT2D eigenvalue weighted by Crippen LogP contribution is 2.42. The lowest BCUT2D eigenvalue weighted by molar-refractivity contribution is -0.173. The van der Waals surface area contributed by atoms with Gasteiger partial charge in [-0.2, -0.15) is 0 Å². The summed E-state index contributed by atoms with van der Waals surface area (Å²) in [5.41, 5.74) is 1.71. The van der Waals surface area contributed by atoms with Gasteiger partial charge < -0.3 is 4.74 Å². The lowest BCUT2D eigenvalue weighted by Gasteiger charge is -2.36. The molecule has 0 bridgehead atoms. The third kappa shape index (κ3) is 3.48. The van der Waals surface area contributed by atoms with Crippen molar-refractivity contribution >= 4 is 5.97 Å². The van der Waals surface area contributed by atoms with E-state index >= 15 is 0 Å². The van der Waals surface area contributed by atoms with Crippen molar-refractivity contribution in [2.45, 2.75) is 71.8 Å².